The van der Waals surface area contributed by atoms with E-state index in [1.165, 1.54) is 167 Å². The molecule has 0 spiro atoms. The molecule has 274 valence electrons. The molecule has 0 saturated carbocycles. The van der Waals surface area contributed by atoms with E-state index in [4.69, 9.17) is 20.1 Å². The van der Waals surface area contributed by atoms with Gasteiger partial charge >= 0.3 is 49.7 Å². The summed E-state index contributed by atoms with van der Waals surface area (Å²) in [4.78, 5) is 21.7. The van der Waals surface area contributed by atoms with E-state index in [-0.39, 0.29) is 59.8 Å². The first-order valence-electron chi connectivity index (χ1n) is 19.6. The fourth-order valence-electron chi connectivity index (χ4n) is 5.60. The number of carbonyl (C=O) groups is 2. The standard InChI is InChI=1S/C21H42O4.C18H36O2.Ca.2H/c1-2-3-4-5-6-7-8-9-10-11-12-13-14-15-16-17-21(24)25-19-20(23)18-22;1-2-3-4-5-6-7-8-9-10-11-12-13-14-15-16-17-18(19)20;;;/h20,22-23H,2-19H2,1H3;2-17H2,1H3,(H,19,20);;;/q;;+2;2*-1. The Kier molecular flexibility index (Phi) is 49.5. The number of aliphatic carboxylic acids is 1. The molecule has 1 unspecified atom stereocenters. The monoisotopic (exact) mass is 685 g/mol. The Labute approximate surface area is 319 Å². The third-order valence-electron chi connectivity index (χ3n) is 8.63. The summed E-state index contributed by atoms with van der Waals surface area (Å²) in [5.41, 5.74) is 0. The average Bonchev–Trinajstić information content (AvgIpc) is 3.03. The van der Waals surface area contributed by atoms with E-state index in [2.05, 4.69) is 13.8 Å². The summed E-state index contributed by atoms with van der Waals surface area (Å²) in [5.74, 6) is -0.929. The van der Waals surface area contributed by atoms with Crippen LogP contribution < -0.4 is 0 Å². The number of carboxylic acid groups (broad SMARTS) is 1. The molecule has 3 N–H and O–H groups in total. The quantitative estimate of drug-likeness (QED) is 0.0349. The van der Waals surface area contributed by atoms with Crippen LogP contribution in [0.4, 0.5) is 0 Å². The number of carbonyl (C=O) groups excluding carboxylic acids is 1. The average molecular weight is 685 g/mol. The second kappa shape index (κ2) is 45.1. The Hall–Kier alpha value is 0.120. The molecule has 0 aliphatic carbocycles. The number of esters is 1. The van der Waals surface area contributed by atoms with Crippen molar-refractivity contribution in [2.24, 2.45) is 0 Å². The minimum Gasteiger partial charge on any atom is -1.00 e. The van der Waals surface area contributed by atoms with Crippen LogP contribution in [0.5, 0.6) is 0 Å². The van der Waals surface area contributed by atoms with Crippen LogP contribution in [-0.2, 0) is 14.3 Å². The number of carboxylic acids is 1. The van der Waals surface area contributed by atoms with E-state index in [1.54, 1.807) is 0 Å². The van der Waals surface area contributed by atoms with Crippen LogP contribution in [0, 0.1) is 0 Å². The number of ether oxygens (including phenoxy) is 1. The van der Waals surface area contributed by atoms with E-state index in [1.807, 2.05) is 0 Å². The van der Waals surface area contributed by atoms with Crippen LogP contribution in [0.2, 0.25) is 0 Å². The predicted molar refractivity (Wildman–Crippen MR) is 199 cm³/mol. The zero-order valence-electron chi connectivity index (χ0n) is 32.9. The molecule has 0 radical (unpaired) electrons. The van der Waals surface area contributed by atoms with Crippen molar-refractivity contribution in [2.75, 3.05) is 13.2 Å². The van der Waals surface area contributed by atoms with Crippen LogP contribution in [0.15, 0.2) is 0 Å². The number of unbranched alkanes of at least 4 members (excludes halogenated alkanes) is 28. The van der Waals surface area contributed by atoms with Crippen LogP contribution in [0.25, 0.3) is 0 Å². The maximum absolute atomic E-state index is 11.4. The molecule has 0 aliphatic rings. The molecule has 0 aromatic heterocycles. The summed E-state index contributed by atoms with van der Waals surface area (Å²) >= 11 is 0. The zero-order valence-corrected chi connectivity index (χ0v) is 33.1. The van der Waals surface area contributed by atoms with Crippen molar-refractivity contribution < 1.29 is 32.5 Å². The van der Waals surface area contributed by atoms with Crippen molar-refractivity contribution in [3.63, 3.8) is 0 Å². The van der Waals surface area contributed by atoms with E-state index in [0.717, 1.165) is 25.7 Å². The summed E-state index contributed by atoms with van der Waals surface area (Å²) in [6, 6.07) is 0. The minimum absolute atomic E-state index is 0. The summed E-state index contributed by atoms with van der Waals surface area (Å²) in [6.07, 6.45) is 39.2. The molecule has 0 rings (SSSR count). The van der Waals surface area contributed by atoms with Gasteiger partial charge in [-0.2, -0.15) is 0 Å². The number of aliphatic hydroxyl groups is 2. The van der Waals surface area contributed by atoms with Crippen LogP contribution in [0.1, 0.15) is 222 Å². The van der Waals surface area contributed by atoms with Crippen molar-refractivity contribution >= 4 is 49.7 Å². The van der Waals surface area contributed by atoms with Gasteiger partial charge in [-0.1, -0.05) is 194 Å². The molecular weight excluding hydrogens is 605 g/mol. The number of hydrogen-bond donors (Lipinski definition) is 3. The molecule has 6 nitrogen and oxygen atoms in total. The fourth-order valence-corrected chi connectivity index (χ4v) is 5.60. The predicted octanol–water partition coefficient (Wildman–Crippen LogP) is 11.3. The van der Waals surface area contributed by atoms with Gasteiger partial charge in [-0.3, -0.25) is 9.59 Å². The third-order valence-corrected chi connectivity index (χ3v) is 8.63. The molecule has 0 heterocycles. The maximum atomic E-state index is 11.4. The van der Waals surface area contributed by atoms with Crippen LogP contribution in [0.3, 0.4) is 0 Å². The summed E-state index contributed by atoms with van der Waals surface area (Å²) in [7, 11) is 0. The van der Waals surface area contributed by atoms with Gasteiger partial charge in [-0.05, 0) is 12.8 Å². The Morgan fingerprint density at radius 2 is 0.761 bits per heavy atom. The van der Waals surface area contributed by atoms with Gasteiger partial charge in [0.2, 0.25) is 0 Å². The van der Waals surface area contributed by atoms with E-state index in [9.17, 15) is 9.59 Å². The Bertz CT molecular complexity index is 601. The van der Waals surface area contributed by atoms with Crippen LogP contribution in [-0.4, -0.2) is 84.3 Å². The second-order valence-corrected chi connectivity index (χ2v) is 13.3. The molecule has 1 atom stereocenters. The smallest absolute Gasteiger partial charge is 1.00 e. The fraction of sp³-hybridized carbons (Fsp3) is 0.949. The Morgan fingerprint density at radius 1 is 0.500 bits per heavy atom. The molecule has 0 aromatic rings. The molecule has 0 aliphatic heterocycles. The minimum atomic E-state index is -0.954. The van der Waals surface area contributed by atoms with Crippen molar-refractivity contribution in [1.82, 2.24) is 0 Å². The van der Waals surface area contributed by atoms with E-state index >= 15 is 0 Å². The van der Waals surface area contributed by atoms with Crippen molar-refractivity contribution in [3.05, 3.63) is 0 Å². The first kappa shape index (κ1) is 50.5. The van der Waals surface area contributed by atoms with E-state index in [0.29, 0.717) is 12.8 Å². The van der Waals surface area contributed by atoms with Gasteiger partial charge in [0, 0.05) is 12.8 Å². The normalized spacial score (nSPS) is 11.4. The number of rotatable bonds is 35. The van der Waals surface area contributed by atoms with Gasteiger partial charge in [-0.25, -0.2) is 0 Å². The van der Waals surface area contributed by atoms with Gasteiger partial charge in [0.1, 0.15) is 12.7 Å². The Morgan fingerprint density at radius 3 is 1.02 bits per heavy atom. The zero-order chi connectivity index (χ0) is 33.5. The first-order valence-corrected chi connectivity index (χ1v) is 19.6. The topological polar surface area (TPSA) is 104 Å². The van der Waals surface area contributed by atoms with Crippen LogP contribution >= 0.6 is 0 Å². The van der Waals surface area contributed by atoms with Crippen molar-refractivity contribution in [1.29, 1.82) is 0 Å². The molecule has 0 fully saturated rings. The van der Waals surface area contributed by atoms with Gasteiger partial charge < -0.3 is 22.9 Å². The van der Waals surface area contributed by atoms with Gasteiger partial charge in [0.15, 0.2) is 0 Å². The maximum Gasteiger partial charge on any atom is 2.00 e. The Balaban J connectivity index is -0.000000247. The van der Waals surface area contributed by atoms with E-state index < -0.39 is 12.1 Å². The molecule has 0 bridgehead atoms. The largest absolute Gasteiger partial charge is 2.00 e. The summed E-state index contributed by atoms with van der Waals surface area (Å²) in [6.45, 7) is 4.06. The molecular formula is C39H80CaO6. The van der Waals surface area contributed by atoms with Gasteiger partial charge in [-0.15, -0.1) is 0 Å². The number of aliphatic hydroxyl groups excluding tert-OH is 2. The molecule has 7 heteroatoms. The molecule has 0 saturated heterocycles. The first-order chi connectivity index (χ1) is 22.0. The summed E-state index contributed by atoms with van der Waals surface area (Å²) < 4.78 is 4.86. The van der Waals surface area contributed by atoms with Crippen molar-refractivity contribution in [3.8, 4) is 0 Å². The van der Waals surface area contributed by atoms with Crippen molar-refractivity contribution in [2.45, 2.75) is 225 Å². The SMILES string of the molecule is CCCCCCCCCCCCCCCCCC(=O)O.CCCCCCCCCCCCCCCCCC(=O)OCC(O)CO.[Ca+2].[H-].[H-]. The molecule has 0 aromatic carbocycles. The molecule has 46 heavy (non-hydrogen) atoms. The third kappa shape index (κ3) is 48.5. The number of hydrogen-bond acceptors (Lipinski definition) is 5. The van der Waals surface area contributed by atoms with Gasteiger partial charge in [0.25, 0.3) is 0 Å². The molecule has 0 amide bonds. The summed E-state index contributed by atoms with van der Waals surface area (Å²) in [5, 5.41) is 26.2. The second-order valence-electron chi connectivity index (χ2n) is 13.3. The van der Waals surface area contributed by atoms with Gasteiger partial charge in [0.05, 0.1) is 6.61 Å².